The zero-order chi connectivity index (χ0) is 18.8. The molecule has 0 spiro atoms. The highest BCUT2D eigenvalue weighted by Crippen LogP contribution is 2.30. The number of benzene rings is 1. The van der Waals surface area contributed by atoms with Gasteiger partial charge in [0.2, 0.25) is 11.8 Å². The van der Waals surface area contributed by atoms with Gasteiger partial charge in [-0.05, 0) is 56.7 Å². The van der Waals surface area contributed by atoms with E-state index in [-0.39, 0.29) is 30.2 Å². The van der Waals surface area contributed by atoms with Crippen molar-refractivity contribution in [3.63, 3.8) is 0 Å². The molecular weight excluding hydrogens is 394 g/mol. The van der Waals surface area contributed by atoms with Gasteiger partial charge in [-0.2, -0.15) is 0 Å². The van der Waals surface area contributed by atoms with Crippen molar-refractivity contribution in [3.8, 4) is 0 Å². The first-order valence-electron chi connectivity index (χ1n) is 8.68. The van der Waals surface area contributed by atoms with Crippen LogP contribution in [0.5, 0.6) is 0 Å². The Morgan fingerprint density at radius 3 is 2.73 bits per heavy atom. The predicted octanol–water partition coefficient (Wildman–Crippen LogP) is 3.95. The Balaban J connectivity index is 1.82. The van der Waals surface area contributed by atoms with E-state index < -0.39 is 0 Å². The lowest BCUT2D eigenvalue weighted by atomic mass is 10.1. The number of rotatable bonds is 4. The van der Waals surface area contributed by atoms with Gasteiger partial charge < -0.3 is 9.80 Å². The predicted molar refractivity (Wildman–Crippen MR) is 106 cm³/mol. The Labute approximate surface area is 162 Å². The molecule has 6 heteroatoms. The molecule has 1 unspecified atom stereocenters. The molecule has 5 nitrogen and oxygen atoms in total. The van der Waals surface area contributed by atoms with Gasteiger partial charge in [-0.3, -0.25) is 14.6 Å². The number of carbonyl (C=O) groups excluding carboxylic acids is 2. The minimum atomic E-state index is -0.353. The average Bonchev–Trinajstić information content (AvgIpc) is 3.00. The summed E-state index contributed by atoms with van der Waals surface area (Å²) in [5.41, 5.74) is 2.66. The number of aromatic nitrogens is 1. The van der Waals surface area contributed by atoms with Gasteiger partial charge in [0.15, 0.2) is 0 Å². The van der Waals surface area contributed by atoms with E-state index in [1.54, 1.807) is 22.2 Å². The minimum Gasteiger partial charge on any atom is -0.312 e. The van der Waals surface area contributed by atoms with E-state index in [1.807, 2.05) is 51.1 Å². The molecule has 1 atom stereocenters. The summed E-state index contributed by atoms with van der Waals surface area (Å²) in [7, 11) is 0. The number of carbonyl (C=O) groups is 2. The van der Waals surface area contributed by atoms with Crippen molar-refractivity contribution in [1.82, 2.24) is 4.98 Å². The number of aryl methyl sites for hydroxylation is 1. The van der Waals surface area contributed by atoms with Crippen LogP contribution in [0.2, 0.25) is 0 Å². The molecule has 1 aliphatic rings. The highest BCUT2D eigenvalue weighted by atomic mass is 79.9. The summed E-state index contributed by atoms with van der Waals surface area (Å²) in [6, 6.07) is 9.49. The molecule has 2 amide bonds. The second-order valence-corrected chi connectivity index (χ2v) is 7.71. The van der Waals surface area contributed by atoms with Gasteiger partial charge in [0, 0.05) is 35.4 Å². The van der Waals surface area contributed by atoms with Gasteiger partial charge in [0.1, 0.15) is 0 Å². The zero-order valence-electron chi connectivity index (χ0n) is 15.1. The van der Waals surface area contributed by atoms with Gasteiger partial charge >= 0.3 is 0 Å². The lowest BCUT2D eigenvalue weighted by Gasteiger charge is -2.29. The molecule has 2 heterocycles. The topological polar surface area (TPSA) is 53.5 Å². The van der Waals surface area contributed by atoms with Gasteiger partial charge in [0.25, 0.3) is 0 Å². The fourth-order valence-electron chi connectivity index (χ4n) is 3.29. The third kappa shape index (κ3) is 3.65. The molecule has 0 radical (unpaired) electrons. The van der Waals surface area contributed by atoms with Gasteiger partial charge in [-0.15, -0.1) is 0 Å². The summed E-state index contributed by atoms with van der Waals surface area (Å²) in [4.78, 5) is 33.3. The Bertz CT molecular complexity index is 823. The lowest BCUT2D eigenvalue weighted by Crippen LogP contribution is -2.42. The van der Waals surface area contributed by atoms with Crippen molar-refractivity contribution in [1.29, 1.82) is 0 Å². The number of hydrogen-bond donors (Lipinski definition) is 0. The highest BCUT2D eigenvalue weighted by molar-refractivity contribution is 9.10. The van der Waals surface area contributed by atoms with E-state index in [4.69, 9.17) is 0 Å². The fourth-order valence-corrected chi connectivity index (χ4v) is 3.54. The Hall–Kier alpha value is -2.21. The largest absolute Gasteiger partial charge is 0.312 e. The summed E-state index contributed by atoms with van der Waals surface area (Å²) >= 11 is 3.48. The van der Waals surface area contributed by atoms with Crippen molar-refractivity contribution in [2.75, 3.05) is 16.3 Å². The maximum atomic E-state index is 13.1. The summed E-state index contributed by atoms with van der Waals surface area (Å²) in [6.45, 7) is 6.33. The van der Waals surface area contributed by atoms with Gasteiger partial charge in [-0.25, -0.2) is 0 Å². The molecule has 0 aliphatic carbocycles. The maximum Gasteiger partial charge on any atom is 0.232 e. The zero-order valence-corrected chi connectivity index (χ0v) is 16.7. The standard InChI is InChI=1S/C20H22BrN3O2/c1-13(2)24(17-5-4-8-22-11-17)20(26)15-10-19(25)23(12-15)16-6-7-18(21)14(3)9-16/h4-9,11,13,15H,10,12H2,1-3H3. The van der Waals surface area contributed by atoms with Crippen LogP contribution < -0.4 is 9.80 Å². The molecular formula is C20H22BrN3O2. The number of nitrogens with zero attached hydrogens (tertiary/aromatic N) is 3. The quantitative estimate of drug-likeness (QED) is 0.759. The van der Waals surface area contributed by atoms with Crippen molar-refractivity contribution in [3.05, 3.63) is 52.8 Å². The van der Waals surface area contributed by atoms with Crippen LogP contribution in [0, 0.1) is 12.8 Å². The second kappa shape index (κ2) is 7.58. The van der Waals surface area contributed by atoms with Crippen LogP contribution in [-0.4, -0.2) is 29.4 Å². The monoisotopic (exact) mass is 415 g/mol. The molecule has 0 saturated carbocycles. The molecule has 0 N–H and O–H groups in total. The van der Waals surface area contributed by atoms with E-state index in [0.717, 1.165) is 21.4 Å². The van der Waals surface area contributed by atoms with E-state index in [0.29, 0.717) is 6.54 Å². The molecule has 1 aromatic heterocycles. The van der Waals surface area contributed by atoms with Crippen LogP contribution in [0.1, 0.15) is 25.8 Å². The molecule has 26 heavy (non-hydrogen) atoms. The summed E-state index contributed by atoms with van der Waals surface area (Å²) < 4.78 is 1.00. The molecule has 1 fully saturated rings. The van der Waals surface area contributed by atoms with Gasteiger partial charge in [0.05, 0.1) is 17.8 Å². The first kappa shape index (κ1) is 18.6. The summed E-state index contributed by atoms with van der Waals surface area (Å²) in [6.07, 6.45) is 3.60. The van der Waals surface area contributed by atoms with Crippen LogP contribution in [0.4, 0.5) is 11.4 Å². The fraction of sp³-hybridized carbons (Fsp3) is 0.350. The normalized spacial score (nSPS) is 17.0. The number of hydrogen-bond acceptors (Lipinski definition) is 3. The highest BCUT2D eigenvalue weighted by Gasteiger charge is 2.38. The van der Waals surface area contributed by atoms with Crippen molar-refractivity contribution in [2.45, 2.75) is 33.2 Å². The van der Waals surface area contributed by atoms with Crippen LogP contribution in [-0.2, 0) is 9.59 Å². The van der Waals surface area contributed by atoms with E-state index in [2.05, 4.69) is 20.9 Å². The second-order valence-electron chi connectivity index (χ2n) is 6.85. The third-order valence-corrected chi connectivity index (χ3v) is 5.50. The van der Waals surface area contributed by atoms with E-state index in [1.165, 1.54) is 0 Å². The number of pyridine rings is 1. The smallest absolute Gasteiger partial charge is 0.232 e. The van der Waals surface area contributed by atoms with Crippen molar-refractivity contribution >= 4 is 39.1 Å². The Morgan fingerprint density at radius 2 is 2.12 bits per heavy atom. The summed E-state index contributed by atoms with van der Waals surface area (Å²) in [5, 5.41) is 0. The maximum absolute atomic E-state index is 13.1. The first-order valence-corrected chi connectivity index (χ1v) is 9.47. The molecule has 1 aromatic carbocycles. The van der Waals surface area contributed by atoms with E-state index in [9.17, 15) is 9.59 Å². The van der Waals surface area contributed by atoms with Crippen molar-refractivity contribution < 1.29 is 9.59 Å². The molecule has 1 aliphatic heterocycles. The number of anilines is 2. The molecule has 3 rings (SSSR count). The lowest BCUT2D eigenvalue weighted by molar-refractivity contribution is -0.124. The average molecular weight is 416 g/mol. The molecule has 1 saturated heterocycles. The molecule has 0 bridgehead atoms. The summed E-state index contributed by atoms with van der Waals surface area (Å²) in [5.74, 6) is -0.397. The molecule has 136 valence electrons. The minimum absolute atomic E-state index is 0.00854. The van der Waals surface area contributed by atoms with Crippen LogP contribution >= 0.6 is 15.9 Å². The number of amides is 2. The Kier molecular flexibility index (Phi) is 5.41. The SMILES string of the molecule is Cc1cc(N2CC(C(=O)N(c3cccnc3)C(C)C)CC2=O)ccc1Br. The first-order chi connectivity index (χ1) is 12.4. The van der Waals surface area contributed by atoms with Gasteiger partial charge in [-0.1, -0.05) is 15.9 Å². The van der Waals surface area contributed by atoms with Crippen LogP contribution in [0.15, 0.2) is 47.2 Å². The third-order valence-electron chi connectivity index (χ3n) is 4.61. The van der Waals surface area contributed by atoms with Crippen LogP contribution in [0.25, 0.3) is 0 Å². The Morgan fingerprint density at radius 1 is 1.35 bits per heavy atom. The van der Waals surface area contributed by atoms with E-state index >= 15 is 0 Å². The number of halogens is 1. The van der Waals surface area contributed by atoms with Crippen LogP contribution in [0.3, 0.4) is 0 Å². The van der Waals surface area contributed by atoms with Crippen molar-refractivity contribution in [2.24, 2.45) is 5.92 Å². The molecule has 2 aromatic rings.